The number of halogens is 1. The highest BCUT2D eigenvalue weighted by Gasteiger charge is 2.14. The number of thiocarbonyl (C=S) groups is 1. The Balaban J connectivity index is 1.57. The molecule has 0 fully saturated rings. The Morgan fingerprint density at radius 1 is 1.03 bits per heavy atom. The van der Waals surface area contributed by atoms with Crippen molar-refractivity contribution in [1.29, 1.82) is 0 Å². The smallest absolute Gasteiger partial charge is 0.258 e. The summed E-state index contributed by atoms with van der Waals surface area (Å²) in [4.78, 5) is 17.1. The highest BCUT2D eigenvalue weighted by molar-refractivity contribution is 7.80. The van der Waals surface area contributed by atoms with E-state index in [1.165, 1.54) is 0 Å². The van der Waals surface area contributed by atoms with Crippen LogP contribution < -0.4 is 10.6 Å². The fourth-order valence-electron chi connectivity index (χ4n) is 3.36. The zero-order chi connectivity index (χ0) is 22.1. The summed E-state index contributed by atoms with van der Waals surface area (Å²) in [5, 5.41) is 6.29. The number of anilines is 1. The summed E-state index contributed by atoms with van der Waals surface area (Å²) in [5.74, 6) is 0.152. The Kier molecular flexibility index (Phi) is 5.76. The number of nitrogens with one attached hydrogen (secondary N) is 2. The Bertz CT molecular complexity index is 1330. The summed E-state index contributed by atoms with van der Waals surface area (Å²) in [7, 11) is 0. The number of amides is 1. The van der Waals surface area contributed by atoms with Crippen LogP contribution >= 0.6 is 23.8 Å². The lowest BCUT2D eigenvalue weighted by Gasteiger charge is -2.13. The molecular formula is C24H20ClN3O2S. The Labute approximate surface area is 190 Å². The van der Waals surface area contributed by atoms with E-state index < -0.39 is 0 Å². The number of carbonyl (C=O) groups excluding carboxylic acids is 1. The molecule has 1 aromatic heterocycles. The fraction of sp³-hybridized carbons (Fsp3) is 0.125. The maximum Gasteiger partial charge on any atom is 0.258 e. The molecule has 0 saturated heterocycles. The van der Waals surface area contributed by atoms with Crippen molar-refractivity contribution in [2.75, 3.05) is 5.32 Å². The van der Waals surface area contributed by atoms with Crippen molar-refractivity contribution in [3.8, 4) is 11.5 Å². The van der Waals surface area contributed by atoms with Crippen molar-refractivity contribution in [3.63, 3.8) is 0 Å². The van der Waals surface area contributed by atoms with Crippen molar-refractivity contribution in [2.24, 2.45) is 0 Å². The van der Waals surface area contributed by atoms with Crippen molar-refractivity contribution < 1.29 is 9.21 Å². The van der Waals surface area contributed by atoms with Gasteiger partial charge in [-0.25, -0.2) is 4.98 Å². The predicted molar refractivity (Wildman–Crippen MR) is 129 cm³/mol. The quantitative estimate of drug-likeness (QED) is 0.364. The first-order valence-electron chi connectivity index (χ1n) is 9.67. The van der Waals surface area contributed by atoms with E-state index in [2.05, 4.69) is 21.7 Å². The Hall–Kier alpha value is -3.22. The number of carbonyl (C=O) groups is 1. The second-order valence-corrected chi connectivity index (χ2v) is 8.18. The molecule has 7 heteroatoms. The van der Waals surface area contributed by atoms with Crippen LogP contribution in [0, 0.1) is 20.8 Å². The van der Waals surface area contributed by atoms with Crippen molar-refractivity contribution >= 4 is 51.6 Å². The van der Waals surface area contributed by atoms with Crippen LogP contribution in [0.1, 0.15) is 27.0 Å². The van der Waals surface area contributed by atoms with Crippen molar-refractivity contribution in [3.05, 3.63) is 81.9 Å². The zero-order valence-corrected chi connectivity index (χ0v) is 18.8. The highest BCUT2D eigenvalue weighted by Crippen LogP contribution is 2.30. The van der Waals surface area contributed by atoms with E-state index in [9.17, 15) is 4.79 Å². The summed E-state index contributed by atoms with van der Waals surface area (Å²) in [6.07, 6.45) is 0. The van der Waals surface area contributed by atoms with E-state index in [0.29, 0.717) is 16.5 Å². The number of rotatable bonds is 3. The lowest BCUT2D eigenvalue weighted by atomic mass is 10.1. The van der Waals surface area contributed by atoms with Gasteiger partial charge in [0, 0.05) is 11.3 Å². The molecule has 0 spiro atoms. The summed E-state index contributed by atoms with van der Waals surface area (Å²) >= 11 is 11.4. The van der Waals surface area contributed by atoms with Gasteiger partial charge in [-0.15, -0.1) is 0 Å². The van der Waals surface area contributed by atoms with Crippen LogP contribution in [0.3, 0.4) is 0 Å². The van der Waals surface area contributed by atoms with Crippen LogP contribution in [0.15, 0.2) is 59.0 Å². The molecule has 0 unspecified atom stereocenters. The number of hydrogen-bond donors (Lipinski definition) is 2. The minimum absolute atomic E-state index is 0.175. The lowest BCUT2D eigenvalue weighted by molar-refractivity contribution is 0.0978. The molecule has 1 heterocycles. The molecule has 156 valence electrons. The molecule has 0 saturated carbocycles. The molecule has 0 aliphatic heterocycles. The number of hydrogen-bond acceptors (Lipinski definition) is 4. The van der Waals surface area contributed by atoms with Crippen LogP contribution in [0.25, 0.3) is 22.6 Å². The third-order valence-electron chi connectivity index (χ3n) is 4.90. The molecule has 5 nitrogen and oxygen atoms in total. The normalized spacial score (nSPS) is 10.8. The third kappa shape index (κ3) is 4.45. The van der Waals surface area contributed by atoms with Crippen LogP contribution in [0.5, 0.6) is 0 Å². The molecule has 0 atom stereocenters. The van der Waals surface area contributed by atoms with Crippen molar-refractivity contribution in [1.82, 2.24) is 10.3 Å². The van der Waals surface area contributed by atoms with Gasteiger partial charge in [-0.1, -0.05) is 35.9 Å². The molecule has 2 N–H and O–H groups in total. The largest absolute Gasteiger partial charge is 0.436 e. The number of benzene rings is 3. The highest BCUT2D eigenvalue weighted by atomic mass is 35.5. The first-order valence-corrected chi connectivity index (χ1v) is 10.5. The minimum Gasteiger partial charge on any atom is -0.436 e. The van der Waals surface area contributed by atoms with Gasteiger partial charge in [0.2, 0.25) is 5.89 Å². The van der Waals surface area contributed by atoms with Gasteiger partial charge in [0.25, 0.3) is 5.91 Å². The number of fused-ring (bicyclic) bond motifs is 1. The van der Waals surface area contributed by atoms with Gasteiger partial charge in [-0.3, -0.25) is 10.1 Å². The summed E-state index contributed by atoms with van der Waals surface area (Å²) in [5.41, 5.74) is 6.65. The molecule has 0 aliphatic carbocycles. The van der Waals surface area contributed by atoms with Gasteiger partial charge in [0.1, 0.15) is 5.52 Å². The second kappa shape index (κ2) is 8.49. The van der Waals surface area contributed by atoms with Gasteiger partial charge in [-0.2, -0.15) is 0 Å². The van der Waals surface area contributed by atoms with E-state index in [4.69, 9.17) is 28.2 Å². The maximum atomic E-state index is 12.5. The lowest BCUT2D eigenvalue weighted by Crippen LogP contribution is -2.34. The van der Waals surface area contributed by atoms with Gasteiger partial charge in [0.05, 0.1) is 10.6 Å². The van der Waals surface area contributed by atoms with Crippen LogP contribution in [-0.4, -0.2) is 16.0 Å². The fourth-order valence-corrected chi connectivity index (χ4v) is 3.78. The van der Waals surface area contributed by atoms with E-state index >= 15 is 0 Å². The third-order valence-corrected chi connectivity index (χ3v) is 5.43. The maximum absolute atomic E-state index is 12.5. The zero-order valence-electron chi connectivity index (χ0n) is 17.2. The van der Waals surface area contributed by atoms with Crippen LogP contribution in [0.4, 0.5) is 5.69 Å². The predicted octanol–water partition coefficient (Wildman–Crippen LogP) is 6.20. The van der Waals surface area contributed by atoms with Gasteiger partial charge < -0.3 is 9.73 Å². The van der Waals surface area contributed by atoms with Crippen LogP contribution in [0.2, 0.25) is 5.02 Å². The summed E-state index contributed by atoms with van der Waals surface area (Å²) in [6.45, 7) is 5.99. The van der Waals surface area contributed by atoms with E-state index in [-0.39, 0.29) is 11.0 Å². The Morgan fingerprint density at radius 2 is 1.81 bits per heavy atom. The van der Waals surface area contributed by atoms with Crippen molar-refractivity contribution in [2.45, 2.75) is 20.8 Å². The molecule has 31 heavy (non-hydrogen) atoms. The molecule has 0 aliphatic rings. The topological polar surface area (TPSA) is 67.2 Å². The molecule has 0 radical (unpaired) electrons. The van der Waals surface area contributed by atoms with Crippen LogP contribution in [-0.2, 0) is 0 Å². The van der Waals surface area contributed by atoms with Gasteiger partial charge in [-0.05, 0) is 80.0 Å². The molecule has 0 bridgehead atoms. The minimum atomic E-state index is -0.373. The van der Waals surface area contributed by atoms with E-state index in [0.717, 1.165) is 39.0 Å². The number of oxazole rings is 1. The molecule has 4 aromatic rings. The molecular weight excluding hydrogens is 430 g/mol. The molecule has 4 rings (SSSR count). The average Bonchev–Trinajstić information content (AvgIpc) is 3.14. The number of aromatic nitrogens is 1. The molecule has 3 aromatic carbocycles. The standard InChI is InChI=1S/C24H20ClN3O2S/c1-13-10-15(3)21-20(11-13)26-23(30-21)16-9-8-14(2)19(12-16)27-24(31)28-22(29)17-6-4-5-7-18(17)25/h4-12H,1-3H3,(H2,27,28,29,31). The number of aryl methyl sites for hydroxylation is 3. The molecule has 1 amide bonds. The van der Waals surface area contributed by atoms with Gasteiger partial charge in [0.15, 0.2) is 10.7 Å². The second-order valence-electron chi connectivity index (χ2n) is 7.37. The first-order chi connectivity index (χ1) is 14.8. The Morgan fingerprint density at radius 3 is 2.58 bits per heavy atom. The monoisotopic (exact) mass is 449 g/mol. The van der Waals surface area contributed by atoms with E-state index in [1.54, 1.807) is 24.3 Å². The van der Waals surface area contributed by atoms with Gasteiger partial charge >= 0.3 is 0 Å². The average molecular weight is 450 g/mol. The summed E-state index contributed by atoms with van der Waals surface area (Å²) < 4.78 is 6.02. The van der Waals surface area contributed by atoms with E-state index in [1.807, 2.05) is 45.0 Å². The SMILES string of the molecule is Cc1cc(C)c2oc(-c3ccc(C)c(NC(=S)NC(=O)c4ccccc4Cl)c3)nc2c1. The summed E-state index contributed by atoms with van der Waals surface area (Å²) in [6, 6.07) is 16.7. The number of nitrogens with zero attached hydrogens (tertiary/aromatic N) is 1. The first kappa shape index (κ1) is 21.0.